The van der Waals surface area contributed by atoms with Crippen molar-refractivity contribution < 1.29 is 13.2 Å². The van der Waals surface area contributed by atoms with Crippen molar-refractivity contribution in [1.29, 1.82) is 0 Å². The number of amides is 1. The molecule has 0 saturated carbocycles. The molecule has 0 N–H and O–H groups in total. The number of para-hydroxylation sites is 1. The Labute approximate surface area is 159 Å². The maximum atomic E-state index is 13.1. The summed E-state index contributed by atoms with van der Waals surface area (Å²) in [7, 11) is -1.33. The van der Waals surface area contributed by atoms with Gasteiger partial charge in [-0.1, -0.05) is 48.5 Å². The Morgan fingerprint density at radius 1 is 1.11 bits per heavy atom. The van der Waals surface area contributed by atoms with Crippen LogP contribution in [-0.4, -0.2) is 48.4 Å². The molecule has 6 heteroatoms. The predicted molar refractivity (Wildman–Crippen MR) is 107 cm³/mol. The molecule has 1 amide bonds. The summed E-state index contributed by atoms with van der Waals surface area (Å²) in [6.45, 7) is 0.677. The lowest BCUT2D eigenvalue weighted by Gasteiger charge is -2.23. The second kappa shape index (κ2) is 6.85. The zero-order chi connectivity index (χ0) is 19.0. The Balaban J connectivity index is 1.68. The first-order valence-electron chi connectivity index (χ1n) is 9.04. The van der Waals surface area contributed by atoms with Crippen LogP contribution in [0.4, 0.5) is 0 Å². The topological polar surface area (TPSA) is 59.4 Å². The SMILES string of the molecule is CN(C(=O)c1cn(Cc2ccccc2)c2ccccc12)[C@@H]1CCS(=O)(=O)C1. The normalized spacial score (nSPS) is 18.6. The summed E-state index contributed by atoms with van der Waals surface area (Å²) in [5.41, 5.74) is 2.78. The lowest BCUT2D eigenvalue weighted by molar-refractivity contribution is 0.0749. The molecule has 0 radical (unpaired) electrons. The quantitative estimate of drug-likeness (QED) is 0.697. The van der Waals surface area contributed by atoms with Gasteiger partial charge in [-0.25, -0.2) is 8.42 Å². The number of hydrogen-bond donors (Lipinski definition) is 0. The van der Waals surface area contributed by atoms with E-state index in [1.165, 1.54) is 0 Å². The van der Waals surface area contributed by atoms with Gasteiger partial charge in [0, 0.05) is 36.7 Å². The molecule has 3 aromatic rings. The van der Waals surface area contributed by atoms with Crippen molar-refractivity contribution in [2.24, 2.45) is 0 Å². The van der Waals surface area contributed by atoms with Crippen LogP contribution in [-0.2, 0) is 16.4 Å². The molecular formula is C21H22N2O3S. The van der Waals surface area contributed by atoms with Crippen molar-refractivity contribution >= 4 is 26.6 Å². The molecule has 27 heavy (non-hydrogen) atoms. The van der Waals surface area contributed by atoms with Crippen molar-refractivity contribution in [2.45, 2.75) is 19.0 Å². The molecule has 2 aromatic carbocycles. The van der Waals surface area contributed by atoms with E-state index >= 15 is 0 Å². The molecule has 0 spiro atoms. The van der Waals surface area contributed by atoms with Crippen LogP contribution >= 0.6 is 0 Å². The third kappa shape index (κ3) is 3.49. The lowest BCUT2D eigenvalue weighted by atomic mass is 10.1. The minimum absolute atomic E-state index is 0.0535. The highest BCUT2D eigenvalue weighted by molar-refractivity contribution is 7.91. The summed E-state index contributed by atoms with van der Waals surface area (Å²) in [5, 5.41) is 0.895. The summed E-state index contributed by atoms with van der Waals surface area (Å²) in [5.74, 6) is 0.0864. The Bertz CT molecular complexity index is 1090. The number of hydrogen-bond acceptors (Lipinski definition) is 3. The van der Waals surface area contributed by atoms with E-state index in [-0.39, 0.29) is 23.5 Å². The molecule has 1 atom stereocenters. The van der Waals surface area contributed by atoms with Gasteiger partial charge in [0.2, 0.25) is 0 Å². The summed E-state index contributed by atoms with van der Waals surface area (Å²) < 4.78 is 25.6. The first-order chi connectivity index (χ1) is 12.9. The van der Waals surface area contributed by atoms with E-state index in [4.69, 9.17) is 0 Å². The van der Waals surface area contributed by atoms with Gasteiger partial charge >= 0.3 is 0 Å². The number of nitrogens with zero attached hydrogens (tertiary/aromatic N) is 2. The summed E-state index contributed by atoms with van der Waals surface area (Å²) >= 11 is 0. The fraction of sp³-hybridized carbons (Fsp3) is 0.286. The van der Waals surface area contributed by atoms with Gasteiger partial charge in [0.15, 0.2) is 9.84 Å². The van der Waals surface area contributed by atoms with Crippen molar-refractivity contribution in [3.8, 4) is 0 Å². The van der Waals surface area contributed by atoms with Gasteiger partial charge in [0.25, 0.3) is 5.91 Å². The van der Waals surface area contributed by atoms with Crippen LogP contribution in [0.1, 0.15) is 22.3 Å². The predicted octanol–water partition coefficient (Wildman–Crippen LogP) is 2.95. The minimum Gasteiger partial charge on any atom is -0.342 e. The van der Waals surface area contributed by atoms with Crippen LogP contribution in [0.2, 0.25) is 0 Å². The third-order valence-electron chi connectivity index (χ3n) is 5.29. The second-order valence-corrected chi connectivity index (χ2v) is 9.38. The highest BCUT2D eigenvalue weighted by Gasteiger charge is 2.33. The van der Waals surface area contributed by atoms with E-state index in [1.54, 1.807) is 11.9 Å². The van der Waals surface area contributed by atoms with Gasteiger partial charge in [0.1, 0.15) is 0 Å². The van der Waals surface area contributed by atoms with Gasteiger partial charge in [0.05, 0.1) is 17.1 Å². The molecule has 1 aliphatic heterocycles. The van der Waals surface area contributed by atoms with Crippen LogP contribution in [0.15, 0.2) is 60.8 Å². The molecule has 1 aliphatic rings. The number of carbonyl (C=O) groups excluding carboxylic acids is 1. The Kier molecular flexibility index (Phi) is 4.52. The molecule has 1 fully saturated rings. The second-order valence-electron chi connectivity index (χ2n) is 7.15. The summed E-state index contributed by atoms with van der Waals surface area (Å²) in [6.07, 6.45) is 2.40. The number of rotatable bonds is 4. The molecule has 0 aliphatic carbocycles. The van der Waals surface area contributed by atoms with E-state index in [2.05, 4.69) is 16.7 Å². The number of carbonyl (C=O) groups is 1. The third-order valence-corrected chi connectivity index (χ3v) is 7.04. The molecule has 0 unspecified atom stereocenters. The van der Waals surface area contributed by atoms with E-state index in [0.29, 0.717) is 18.5 Å². The molecule has 2 heterocycles. The maximum absolute atomic E-state index is 13.1. The van der Waals surface area contributed by atoms with Crippen molar-refractivity contribution in [2.75, 3.05) is 18.6 Å². The molecule has 1 aromatic heterocycles. The Morgan fingerprint density at radius 2 is 1.81 bits per heavy atom. The van der Waals surface area contributed by atoms with Crippen molar-refractivity contribution in [3.63, 3.8) is 0 Å². The standard InChI is InChI=1S/C21H22N2O3S/c1-22(17-11-12-27(25,26)15-17)21(24)19-14-23(13-16-7-3-2-4-8-16)20-10-6-5-9-18(19)20/h2-10,14,17H,11-13,15H2,1H3/t17-/m1/s1. The Morgan fingerprint density at radius 3 is 2.52 bits per heavy atom. The van der Waals surface area contributed by atoms with Crippen LogP contribution < -0.4 is 0 Å². The fourth-order valence-electron chi connectivity index (χ4n) is 3.76. The molecular weight excluding hydrogens is 360 g/mol. The molecule has 4 rings (SSSR count). The van der Waals surface area contributed by atoms with Gasteiger partial charge in [-0.05, 0) is 18.1 Å². The summed E-state index contributed by atoms with van der Waals surface area (Å²) in [4.78, 5) is 14.7. The highest BCUT2D eigenvalue weighted by Crippen LogP contribution is 2.26. The van der Waals surface area contributed by atoms with Crippen LogP contribution in [0, 0.1) is 0 Å². The zero-order valence-corrected chi connectivity index (χ0v) is 16.0. The number of sulfone groups is 1. The highest BCUT2D eigenvalue weighted by atomic mass is 32.2. The average molecular weight is 382 g/mol. The number of fused-ring (bicyclic) bond motifs is 1. The first-order valence-corrected chi connectivity index (χ1v) is 10.9. The summed E-state index contributed by atoms with van der Waals surface area (Å²) in [6, 6.07) is 17.7. The van der Waals surface area contributed by atoms with Crippen molar-refractivity contribution in [1.82, 2.24) is 9.47 Å². The smallest absolute Gasteiger partial charge is 0.256 e. The van der Waals surface area contributed by atoms with Crippen LogP contribution in [0.5, 0.6) is 0 Å². The van der Waals surface area contributed by atoms with E-state index in [9.17, 15) is 13.2 Å². The molecule has 5 nitrogen and oxygen atoms in total. The number of aromatic nitrogens is 1. The van der Waals surface area contributed by atoms with Crippen LogP contribution in [0.3, 0.4) is 0 Å². The largest absolute Gasteiger partial charge is 0.342 e. The minimum atomic E-state index is -3.03. The zero-order valence-electron chi connectivity index (χ0n) is 15.2. The van der Waals surface area contributed by atoms with E-state index in [1.807, 2.05) is 48.7 Å². The van der Waals surface area contributed by atoms with Crippen LogP contribution in [0.25, 0.3) is 10.9 Å². The fourth-order valence-corrected chi connectivity index (χ4v) is 5.54. The van der Waals surface area contributed by atoms with E-state index < -0.39 is 9.84 Å². The van der Waals surface area contributed by atoms with Gasteiger partial charge in [-0.15, -0.1) is 0 Å². The van der Waals surface area contributed by atoms with Gasteiger partial charge in [-0.2, -0.15) is 0 Å². The van der Waals surface area contributed by atoms with Gasteiger partial charge < -0.3 is 9.47 Å². The first kappa shape index (κ1) is 17.8. The van der Waals surface area contributed by atoms with Gasteiger partial charge in [-0.3, -0.25) is 4.79 Å². The molecule has 0 bridgehead atoms. The molecule has 1 saturated heterocycles. The average Bonchev–Trinajstić information content (AvgIpc) is 3.22. The number of benzene rings is 2. The maximum Gasteiger partial charge on any atom is 0.256 e. The Hall–Kier alpha value is -2.60. The lowest BCUT2D eigenvalue weighted by Crippen LogP contribution is -2.37. The van der Waals surface area contributed by atoms with Crippen molar-refractivity contribution in [3.05, 3.63) is 71.9 Å². The molecule has 140 valence electrons. The van der Waals surface area contributed by atoms with E-state index in [0.717, 1.165) is 16.5 Å². The monoisotopic (exact) mass is 382 g/mol.